The molecular weight excluding hydrogens is 242 g/mol. The number of aromatic nitrogens is 1. The van der Waals surface area contributed by atoms with Crippen LogP contribution in [0.15, 0.2) is 18.3 Å². The van der Waals surface area contributed by atoms with E-state index >= 15 is 0 Å². The molecule has 0 unspecified atom stereocenters. The summed E-state index contributed by atoms with van der Waals surface area (Å²) in [6.45, 7) is 6.33. The van der Waals surface area contributed by atoms with Gasteiger partial charge < -0.3 is 15.0 Å². The molecule has 5 heteroatoms. The van der Waals surface area contributed by atoms with Crippen LogP contribution >= 0.6 is 0 Å². The topological polar surface area (TPSA) is 54.5 Å². The lowest BCUT2D eigenvalue weighted by Gasteiger charge is -2.30. The Morgan fingerprint density at radius 2 is 2.37 bits per heavy atom. The van der Waals surface area contributed by atoms with Crippen LogP contribution < -0.4 is 10.1 Å². The Kier molecular flexibility index (Phi) is 4.60. The number of pyridine rings is 1. The maximum atomic E-state index is 11.7. The largest absolute Gasteiger partial charge is 0.475 e. The van der Waals surface area contributed by atoms with Crippen molar-refractivity contribution in [3.8, 4) is 5.88 Å². The van der Waals surface area contributed by atoms with Gasteiger partial charge in [-0.3, -0.25) is 0 Å². The first-order valence-electron chi connectivity index (χ1n) is 6.83. The molecule has 2 amide bonds. The van der Waals surface area contributed by atoms with Gasteiger partial charge in [0.15, 0.2) is 0 Å². The van der Waals surface area contributed by atoms with Crippen molar-refractivity contribution < 1.29 is 9.53 Å². The van der Waals surface area contributed by atoms with Crippen LogP contribution in [0.4, 0.5) is 4.79 Å². The molecule has 0 radical (unpaired) electrons. The third-order valence-corrected chi connectivity index (χ3v) is 3.28. The maximum Gasteiger partial charge on any atom is 0.317 e. The number of ether oxygens (including phenoxy) is 1. The third kappa shape index (κ3) is 3.84. The van der Waals surface area contributed by atoms with Crippen LogP contribution in [0.1, 0.15) is 32.3 Å². The van der Waals surface area contributed by atoms with Gasteiger partial charge in [-0.25, -0.2) is 9.78 Å². The van der Waals surface area contributed by atoms with Gasteiger partial charge in [0.25, 0.3) is 0 Å². The van der Waals surface area contributed by atoms with Crippen molar-refractivity contribution in [2.24, 2.45) is 0 Å². The summed E-state index contributed by atoms with van der Waals surface area (Å²) in [4.78, 5) is 17.7. The molecule has 1 aliphatic heterocycles. The number of hydrogen-bond acceptors (Lipinski definition) is 3. The standard InChI is InChI=1S/C14H21N3O2/c1-3-11(2)19-13-9-12(5-6-15-13)10-16-14(18)17-7-4-8-17/h5-6,9,11H,3-4,7-8,10H2,1-2H3,(H,16,18)/t11-/m0/s1. The number of rotatable bonds is 5. The molecule has 1 fully saturated rings. The Balaban J connectivity index is 1.85. The zero-order valence-corrected chi connectivity index (χ0v) is 11.6. The van der Waals surface area contributed by atoms with Gasteiger partial charge in [0.2, 0.25) is 5.88 Å². The second-order valence-electron chi connectivity index (χ2n) is 4.84. The second kappa shape index (κ2) is 6.41. The summed E-state index contributed by atoms with van der Waals surface area (Å²) >= 11 is 0. The first-order valence-corrected chi connectivity index (χ1v) is 6.83. The van der Waals surface area contributed by atoms with E-state index in [0.29, 0.717) is 12.4 Å². The van der Waals surface area contributed by atoms with E-state index in [0.717, 1.165) is 31.5 Å². The minimum absolute atomic E-state index is 0.00690. The predicted octanol–water partition coefficient (Wildman–Crippen LogP) is 2.17. The fourth-order valence-corrected chi connectivity index (χ4v) is 1.72. The third-order valence-electron chi connectivity index (χ3n) is 3.28. The van der Waals surface area contributed by atoms with E-state index in [1.54, 1.807) is 11.1 Å². The summed E-state index contributed by atoms with van der Waals surface area (Å²) in [5.74, 6) is 0.616. The molecule has 0 aromatic carbocycles. The molecule has 19 heavy (non-hydrogen) atoms. The summed E-state index contributed by atoms with van der Waals surface area (Å²) in [6.07, 6.45) is 3.91. The highest BCUT2D eigenvalue weighted by atomic mass is 16.5. The summed E-state index contributed by atoms with van der Waals surface area (Å²) in [6, 6.07) is 3.77. The highest BCUT2D eigenvalue weighted by Crippen LogP contribution is 2.12. The van der Waals surface area contributed by atoms with Crippen LogP contribution in [-0.2, 0) is 6.54 Å². The van der Waals surface area contributed by atoms with E-state index in [2.05, 4.69) is 17.2 Å². The molecule has 1 N–H and O–H groups in total. The van der Waals surface area contributed by atoms with E-state index < -0.39 is 0 Å². The van der Waals surface area contributed by atoms with Crippen molar-refractivity contribution >= 4 is 6.03 Å². The van der Waals surface area contributed by atoms with Crippen molar-refractivity contribution in [2.75, 3.05) is 13.1 Å². The summed E-state index contributed by atoms with van der Waals surface area (Å²) in [7, 11) is 0. The average molecular weight is 263 g/mol. The molecular formula is C14H21N3O2. The normalized spacial score (nSPS) is 15.6. The van der Waals surface area contributed by atoms with Gasteiger partial charge in [-0.05, 0) is 31.4 Å². The van der Waals surface area contributed by atoms with Crippen LogP contribution in [-0.4, -0.2) is 35.1 Å². The van der Waals surface area contributed by atoms with Gasteiger partial charge in [0.1, 0.15) is 0 Å². The average Bonchev–Trinajstić information content (AvgIpc) is 2.34. The Bertz CT molecular complexity index is 432. The molecule has 0 spiro atoms. The Hall–Kier alpha value is -1.78. The van der Waals surface area contributed by atoms with E-state index in [-0.39, 0.29) is 12.1 Å². The molecule has 104 valence electrons. The molecule has 5 nitrogen and oxygen atoms in total. The predicted molar refractivity (Wildman–Crippen MR) is 73.0 cm³/mol. The van der Waals surface area contributed by atoms with Crippen LogP contribution in [0.3, 0.4) is 0 Å². The van der Waals surface area contributed by atoms with Crippen molar-refractivity contribution in [1.82, 2.24) is 15.2 Å². The van der Waals surface area contributed by atoms with Crippen LogP contribution in [0.5, 0.6) is 5.88 Å². The number of nitrogens with one attached hydrogen (secondary N) is 1. The van der Waals surface area contributed by atoms with Crippen LogP contribution in [0, 0.1) is 0 Å². The van der Waals surface area contributed by atoms with E-state index in [9.17, 15) is 4.79 Å². The number of carbonyl (C=O) groups is 1. The summed E-state index contributed by atoms with van der Waals surface area (Å²) in [5.41, 5.74) is 1.00. The highest BCUT2D eigenvalue weighted by molar-refractivity contribution is 5.74. The number of likely N-dealkylation sites (tertiary alicyclic amines) is 1. The first-order chi connectivity index (χ1) is 9.19. The van der Waals surface area contributed by atoms with Crippen molar-refractivity contribution in [3.05, 3.63) is 23.9 Å². The quantitative estimate of drug-likeness (QED) is 0.885. The van der Waals surface area contributed by atoms with Gasteiger partial charge in [0.05, 0.1) is 6.10 Å². The molecule has 0 aliphatic carbocycles. The molecule has 0 bridgehead atoms. The first kappa shape index (κ1) is 13.6. The second-order valence-corrected chi connectivity index (χ2v) is 4.84. The number of urea groups is 1. The number of carbonyl (C=O) groups excluding carboxylic acids is 1. The van der Waals surface area contributed by atoms with Crippen LogP contribution in [0.2, 0.25) is 0 Å². The van der Waals surface area contributed by atoms with E-state index in [1.807, 2.05) is 19.1 Å². The molecule has 1 aliphatic rings. The molecule has 0 saturated carbocycles. The molecule has 2 rings (SSSR count). The Labute approximate surface area is 114 Å². The molecule has 1 aromatic heterocycles. The Morgan fingerprint density at radius 1 is 1.58 bits per heavy atom. The smallest absolute Gasteiger partial charge is 0.317 e. The lowest BCUT2D eigenvalue weighted by Crippen LogP contribution is -2.47. The van der Waals surface area contributed by atoms with Crippen molar-refractivity contribution in [3.63, 3.8) is 0 Å². The number of nitrogens with zero attached hydrogens (tertiary/aromatic N) is 2. The zero-order valence-electron chi connectivity index (χ0n) is 11.6. The molecule has 1 aromatic rings. The Morgan fingerprint density at radius 3 is 3.00 bits per heavy atom. The van der Waals surface area contributed by atoms with Crippen molar-refractivity contribution in [1.29, 1.82) is 0 Å². The number of hydrogen-bond donors (Lipinski definition) is 1. The fraction of sp³-hybridized carbons (Fsp3) is 0.571. The van der Waals surface area contributed by atoms with E-state index in [4.69, 9.17) is 4.74 Å². The minimum atomic E-state index is 0.00690. The van der Waals surface area contributed by atoms with Gasteiger partial charge in [-0.1, -0.05) is 6.92 Å². The summed E-state index contributed by atoms with van der Waals surface area (Å²) < 4.78 is 5.66. The molecule has 1 atom stereocenters. The molecule has 2 heterocycles. The highest BCUT2D eigenvalue weighted by Gasteiger charge is 2.19. The van der Waals surface area contributed by atoms with Gasteiger partial charge in [-0.2, -0.15) is 0 Å². The fourth-order valence-electron chi connectivity index (χ4n) is 1.72. The zero-order chi connectivity index (χ0) is 13.7. The lowest BCUT2D eigenvalue weighted by molar-refractivity contribution is 0.167. The van der Waals surface area contributed by atoms with Crippen LogP contribution in [0.25, 0.3) is 0 Å². The summed E-state index contributed by atoms with van der Waals surface area (Å²) in [5, 5.41) is 2.90. The number of amides is 2. The van der Waals surface area contributed by atoms with E-state index in [1.165, 1.54) is 0 Å². The SMILES string of the molecule is CC[C@H](C)Oc1cc(CNC(=O)N2CCC2)ccn1. The lowest BCUT2D eigenvalue weighted by atomic mass is 10.2. The van der Waals surface area contributed by atoms with Gasteiger partial charge in [-0.15, -0.1) is 0 Å². The minimum Gasteiger partial charge on any atom is -0.475 e. The van der Waals surface area contributed by atoms with Gasteiger partial charge >= 0.3 is 6.03 Å². The maximum absolute atomic E-state index is 11.7. The van der Waals surface area contributed by atoms with Crippen molar-refractivity contribution in [2.45, 2.75) is 39.3 Å². The monoisotopic (exact) mass is 263 g/mol. The van der Waals surface area contributed by atoms with Gasteiger partial charge in [0, 0.05) is 31.9 Å². The molecule has 1 saturated heterocycles.